The molecule has 10 heteroatoms. The van der Waals surface area contributed by atoms with Gasteiger partial charge in [-0.1, -0.05) is 110 Å². The molecular weight excluding hydrogens is 762 g/mol. The molecule has 0 aliphatic carbocycles. The highest BCUT2D eigenvalue weighted by molar-refractivity contribution is 6.30. The summed E-state index contributed by atoms with van der Waals surface area (Å²) in [5, 5.41) is 0.662. The monoisotopic (exact) mass is 819 g/mol. The number of alkyl halides is 4. The van der Waals surface area contributed by atoms with E-state index in [1.165, 1.54) is 29.8 Å². The number of aryl methyl sites for hydroxylation is 1. The van der Waals surface area contributed by atoms with Gasteiger partial charge < -0.3 is 14.7 Å². The van der Waals surface area contributed by atoms with Crippen LogP contribution in [0.15, 0.2) is 135 Å². The van der Waals surface area contributed by atoms with Crippen LogP contribution >= 0.6 is 11.6 Å². The van der Waals surface area contributed by atoms with Crippen molar-refractivity contribution in [3.8, 4) is 0 Å². The lowest BCUT2D eigenvalue weighted by molar-refractivity contribution is -0.144. The highest BCUT2D eigenvalue weighted by Gasteiger charge is 2.34. The van der Waals surface area contributed by atoms with Gasteiger partial charge in [0, 0.05) is 55.9 Å². The third-order valence-corrected chi connectivity index (χ3v) is 9.35. The summed E-state index contributed by atoms with van der Waals surface area (Å²) in [5.41, 5.74) is 3.75. The van der Waals surface area contributed by atoms with Gasteiger partial charge in [0.1, 0.15) is 6.04 Å². The van der Waals surface area contributed by atoms with Crippen LogP contribution in [0.3, 0.4) is 0 Å². The normalized spacial score (nSPS) is 12.8. The van der Waals surface area contributed by atoms with Gasteiger partial charge >= 0.3 is 6.18 Å². The van der Waals surface area contributed by atoms with E-state index in [2.05, 4.69) is 37.1 Å². The smallest absolute Gasteiger partial charge is 0.368 e. The summed E-state index contributed by atoms with van der Waals surface area (Å²) in [7, 11) is 0.500. The second-order valence-electron chi connectivity index (χ2n) is 13.5. The number of carbonyl (C=O) groups excluding carboxylic acids is 2. The van der Waals surface area contributed by atoms with Gasteiger partial charge in [0.05, 0.1) is 12.7 Å². The Morgan fingerprint density at radius 2 is 1.33 bits per heavy atom. The van der Waals surface area contributed by atoms with Crippen molar-refractivity contribution in [2.75, 3.05) is 38.3 Å². The quantitative estimate of drug-likeness (QED) is 0.0584. The molecule has 0 N–H and O–H groups in total. The highest BCUT2D eigenvalue weighted by Crippen LogP contribution is 2.29. The SMILES string of the molecule is C=CC.C=CC.CCCCCc1ccc(CN(C(=O)/C=C/c2ccc(C(F)(F)F)cc2)C(Cc2ccccc2)C(=O)N2CCN(c3ccc(Cl)cc3)CC2)cc1.CF. The Kier molecular flexibility index (Phi) is 22.6. The van der Waals surface area contributed by atoms with Crippen molar-refractivity contribution in [1.82, 2.24) is 9.80 Å². The van der Waals surface area contributed by atoms with Crippen molar-refractivity contribution >= 4 is 35.2 Å². The van der Waals surface area contributed by atoms with E-state index >= 15 is 0 Å². The molecule has 0 radical (unpaired) electrons. The average Bonchev–Trinajstić information content (AvgIpc) is 3.23. The molecule has 58 heavy (non-hydrogen) atoms. The Morgan fingerprint density at radius 3 is 1.86 bits per heavy atom. The molecular formula is C48H58ClF4N3O2. The predicted octanol–water partition coefficient (Wildman–Crippen LogP) is 12.1. The molecule has 0 aromatic heterocycles. The molecule has 1 atom stereocenters. The fraction of sp³-hybridized carbons (Fsp3) is 0.333. The van der Waals surface area contributed by atoms with E-state index in [-0.39, 0.29) is 12.5 Å². The number of carbonyl (C=O) groups is 2. The number of halogens is 5. The summed E-state index contributed by atoms with van der Waals surface area (Å²) >= 11 is 6.09. The first-order valence-corrected chi connectivity index (χ1v) is 19.9. The Balaban J connectivity index is 0.00000135. The number of hydrogen-bond acceptors (Lipinski definition) is 3. The molecule has 4 aromatic carbocycles. The number of hydrogen-bond donors (Lipinski definition) is 0. The number of allylic oxidation sites excluding steroid dienone is 2. The van der Waals surface area contributed by atoms with Crippen molar-refractivity contribution < 1.29 is 27.2 Å². The van der Waals surface area contributed by atoms with Gasteiger partial charge in [-0.05, 0) is 91.4 Å². The van der Waals surface area contributed by atoms with Crippen LogP contribution in [0.25, 0.3) is 6.08 Å². The van der Waals surface area contributed by atoms with Crippen LogP contribution in [-0.4, -0.2) is 61.0 Å². The molecule has 0 bridgehead atoms. The molecule has 0 spiro atoms. The van der Waals surface area contributed by atoms with Gasteiger partial charge in [0.25, 0.3) is 0 Å². The molecule has 1 fully saturated rings. The third kappa shape index (κ3) is 16.8. The van der Waals surface area contributed by atoms with E-state index in [1.807, 2.05) is 85.5 Å². The van der Waals surface area contributed by atoms with Gasteiger partial charge in [-0.15, -0.1) is 13.2 Å². The van der Waals surface area contributed by atoms with E-state index in [0.717, 1.165) is 54.6 Å². The number of anilines is 1. The number of rotatable bonds is 13. The van der Waals surface area contributed by atoms with Crippen LogP contribution in [0.2, 0.25) is 5.02 Å². The van der Waals surface area contributed by atoms with E-state index in [0.29, 0.717) is 50.4 Å². The summed E-state index contributed by atoms with van der Waals surface area (Å²) < 4.78 is 48.9. The van der Waals surface area contributed by atoms with E-state index < -0.39 is 23.7 Å². The molecule has 4 aromatic rings. The number of benzene rings is 4. The summed E-state index contributed by atoms with van der Waals surface area (Å²) in [6.45, 7) is 15.1. The van der Waals surface area contributed by atoms with Crippen molar-refractivity contribution in [2.24, 2.45) is 0 Å². The first-order valence-electron chi connectivity index (χ1n) is 19.5. The minimum Gasteiger partial charge on any atom is -0.368 e. The highest BCUT2D eigenvalue weighted by atomic mass is 35.5. The minimum atomic E-state index is -4.45. The zero-order valence-electron chi connectivity index (χ0n) is 34.2. The Labute approximate surface area is 348 Å². The van der Waals surface area contributed by atoms with Crippen molar-refractivity contribution in [3.05, 3.63) is 167 Å². The minimum absolute atomic E-state index is 0.142. The molecule has 0 saturated carbocycles. The van der Waals surface area contributed by atoms with Gasteiger partial charge in [-0.2, -0.15) is 13.2 Å². The second-order valence-corrected chi connectivity index (χ2v) is 13.9. The molecule has 5 rings (SSSR count). The lowest BCUT2D eigenvalue weighted by atomic mass is 10.0. The van der Waals surface area contributed by atoms with Crippen LogP contribution in [-0.2, 0) is 35.2 Å². The number of unbranched alkanes of at least 4 members (excludes halogenated alkanes) is 2. The lowest BCUT2D eigenvalue weighted by Gasteiger charge is -2.40. The van der Waals surface area contributed by atoms with E-state index in [9.17, 15) is 27.2 Å². The average molecular weight is 820 g/mol. The van der Waals surface area contributed by atoms with Crippen LogP contribution < -0.4 is 4.90 Å². The van der Waals surface area contributed by atoms with Crippen molar-refractivity contribution in [1.29, 1.82) is 0 Å². The number of nitrogens with zero attached hydrogens (tertiary/aromatic N) is 3. The molecule has 1 saturated heterocycles. The van der Waals surface area contributed by atoms with E-state index in [4.69, 9.17) is 11.6 Å². The molecule has 5 nitrogen and oxygen atoms in total. The fourth-order valence-corrected chi connectivity index (χ4v) is 6.32. The summed E-state index contributed by atoms with van der Waals surface area (Å²) in [6, 6.07) is 29.3. The van der Waals surface area contributed by atoms with Gasteiger partial charge in [0.2, 0.25) is 11.8 Å². The van der Waals surface area contributed by atoms with Crippen molar-refractivity contribution in [3.63, 3.8) is 0 Å². The molecule has 1 aliphatic heterocycles. The molecule has 1 aliphatic rings. The largest absolute Gasteiger partial charge is 0.416 e. The zero-order valence-corrected chi connectivity index (χ0v) is 35.0. The standard InChI is InChI=1S/C41H43ClF3N3O2.2C3H6.CH3F/c1-2-3-5-8-31-11-13-34(14-12-31)30-48(39(49)24-17-32-15-18-35(19-16-32)41(43,44)45)38(29-33-9-6-4-7-10-33)40(50)47-27-25-46(26-28-47)37-22-20-36(42)21-23-37;2*1-3-2;1-2/h4,6-7,9-24,38H,2-3,5,8,25-30H2,1H3;2*3H,1H2,2H3;1H3/b24-17+;;;. The Morgan fingerprint density at radius 1 is 0.776 bits per heavy atom. The Hall–Kier alpha value is -5.15. The maximum absolute atomic E-state index is 14.5. The van der Waals surface area contributed by atoms with Gasteiger partial charge in [-0.3, -0.25) is 14.0 Å². The maximum atomic E-state index is 14.5. The van der Waals surface area contributed by atoms with Gasteiger partial charge in [0.15, 0.2) is 0 Å². The summed E-state index contributed by atoms with van der Waals surface area (Å²) in [5.74, 6) is -0.539. The first kappa shape index (κ1) is 49.0. The van der Waals surface area contributed by atoms with Crippen LogP contribution in [0.4, 0.5) is 23.2 Å². The summed E-state index contributed by atoms with van der Waals surface area (Å²) in [6.07, 6.45) is 6.59. The van der Waals surface area contributed by atoms with Crippen LogP contribution in [0.1, 0.15) is 67.9 Å². The van der Waals surface area contributed by atoms with Gasteiger partial charge in [-0.25, -0.2) is 0 Å². The topological polar surface area (TPSA) is 43.9 Å². The number of amides is 2. The lowest BCUT2D eigenvalue weighted by Crippen LogP contribution is -2.56. The third-order valence-electron chi connectivity index (χ3n) is 9.10. The second kappa shape index (κ2) is 26.7. The zero-order chi connectivity index (χ0) is 42.9. The van der Waals surface area contributed by atoms with E-state index in [1.54, 1.807) is 17.1 Å². The molecule has 1 heterocycles. The molecule has 312 valence electrons. The molecule has 2 amide bonds. The molecule has 1 unspecified atom stereocenters. The number of piperazine rings is 1. The predicted molar refractivity (Wildman–Crippen MR) is 234 cm³/mol. The van der Waals surface area contributed by atoms with Crippen LogP contribution in [0.5, 0.6) is 0 Å². The maximum Gasteiger partial charge on any atom is 0.416 e. The summed E-state index contributed by atoms with van der Waals surface area (Å²) in [4.78, 5) is 34.3. The fourth-order valence-electron chi connectivity index (χ4n) is 6.19. The first-order chi connectivity index (χ1) is 27.9. The van der Waals surface area contributed by atoms with Crippen LogP contribution in [0, 0.1) is 0 Å². The van der Waals surface area contributed by atoms with Crippen molar-refractivity contribution in [2.45, 2.75) is 71.6 Å². The Bertz CT molecular complexity index is 1800.